The minimum absolute atomic E-state index is 0.0460. The van der Waals surface area contributed by atoms with Gasteiger partial charge in [-0.2, -0.15) is 0 Å². The molecule has 1 N–H and O–H groups in total. The smallest absolute Gasteiger partial charge is 0.264 e. The lowest BCUT2D eigenvalue weighted by atomic mass is 10.1. The monoisotopic (exact) mass is 641 g/mol. The van der Waals surface area contributed by atoms with Gasteiger partial charge in [0, 0.05) is 17.1 Å². The van der Waals surface area contributed by atoms with Gasteiger partial charge in [-0.05, 0) is 68.7 Å². The lowest BCUT2D eigenvalue weighted by Gasteiger charge is -2.33. The number of nitrogens with zero attached hydrogens (tertiary/aromatic N) is 2. The molecule has 218 valence electrons. The Morgan fingerprint density at radius 3 is 2.37 bits per heavy atom. The molecular weight excluding hydrogens is 606 g/mol. The first-order chi connectivity index (χ1) is 19.7. The zero-order valence-electron chi connectivity index (χ0n) is 23.3. The molecule has 0 aromatic heterocycles. The second kappa shape index (κ2) is 14.0. The minimum atomic E-state index is -4.17. The molecular formula is C31H36BrN3O5S. The highest BCUT2D eigenvalue weighted by Crippen LogP contribution is 2.33. The van der Waals surface area contributed by atoms with Gasteiger partial charge in [-0.25, -0.2) is 8.42 Å². The largest absolute Gasteiger partial charge is 0.492 e. The van der Waals surface area contributed by atoms with E-state index in [1.807, 2.05) is 31.2 Å². The Kier molecular flexibility index (Phi) is 10.4. The Balaban J connectivity index is 1.71. The van der Waals surface area contributed by atoms with Crippen LogP contribution >= 0.6 is 15.9 Å². The van der Waals surface area contributed by atoms with Gasteiger partial charge in [-0.1, -0.05) is 71.2 Å². The number of hydrogen-bond acceptors (Lipinski definition) is 5. The molecule has 1 aliphatic rings. The molecule has 41 heavy (non-hydrogen) atoms. The van der Waals surface area contributed by atoms with Crippen molar-refractivity contribution in [3.63, 3.8) is 0 Å². The quantitative estimate of drug-likeness (QED) is 0.281. The number of carbonyl (C=O) groups is 2. The molecule has 0 radical (unpaired) electrons. The Hall–Kier alpha value is -3.37. The maximum absolute atomic E-state index is 14.1. The number of nitrogens with one attached hydrogen (secondary N) is 1. The minimum Gasteiger partial charge on any atom is -0.492 e. The second-order valence-corrected chi connectivity index (χ2v) is 12.8. The Labute approximate surface area is 250 Å². The summed E-state index contributed by atoms with van der Waals surface area (Å²) in [5.74, 6) is -0.426. The number of anilines is 1. The number of halogens is 1. The lowest BCUT2D eigenvalue weighted by Crippen LogP contribution is -2.52. The summed E-state index contributed by atoms with van der Waals surface area (Å²) in [5.41, 5.74) is 1.05. The van der Waals surface area contributed by atoms with Crippen molar-refractivity contribution in [2.24, 2.45) is 0 Å². The third-order valence-electron chi connectivity index (χ3n) is 7.15. The molecule has 2 amide bonds. The van der Waals surface area contributed by atoms with Crippen LogP contribution in [-0.4, -0.2) is 50.4 Å². The number of ether oxygens (including phenoxy) is 1. The molecule has 0 saturated heterocycles. The summed E-state index contributed by atoms with van der Waals surface area (Å²) in [6, 6.07) is 21.5. The first-order valence-corrected chi connectivity index (χ1v) is 16.1. The molecule has 3 aromatic carbocycles. The van der Waals surface area contributed by atoms with Crippen molar-refractivity contribution >= 4 is 43.5 Å². The van der Waals surface area contributed by atoms with Gasteiger partial charge in [0.1, 0.15) is 18.3 Å². The van der Waals surface area contributed by atoms with Crippen molar-refractivity contribution in [1.82, 2.24) is 10.2 Å². The van der Waals surface area contributed by atoms with E-state index in [4.69, 9.17) is 4.74 Å². The van der Waals surface area contributed by atoms with Gasteiger partial charge in [0.05, 0.1) is 17.2 Å². The van der Waals surface area contributed by atoms with Crippen LogP contribution in [0.2, 0.25) is 0 Å². The fraction of sp³-hybridized carbons (Fsp3) is 0.355. The van der Waals surface area contributed by atoms with Crippen molar-refractivity contribution in [3.8, 4) is 5.75 Å². The molecule has 1 saturated carbocycles. The Bertz CT molecular complexity index is 1440. The third-order valence-corrected chi connectivity index (χ3v) is 9.42. The summed E-state index contributed by atoms with van der Waals surface area (Å²) >= 11 is 3.47. The van der Waals surface area contributed by atoms with E-state index in [2.05, 4.69) is 21.2 Å². The van der Waals surface area contributed by atoms with Crippen LogP contribution in [-0.2, 0) is 26.2 Å². The van der Waals surface area contributed by atoms with Crippen LogP contribution in [0.1, 0.15) is 45.1 Å². The summed E-state index contributed by atoms with van der Waals surface area (Å²) in [7, 11) is -4.17. The Morgan fingerprint density at radius 2 is 1.68 bits per heavy atom. The maximum Gasteiger partial charge on any atom is 0.264 e. The summed E-state index contributed by atoms with van der Waals surface area (Å²) in [4.78, 5) is 29.0. The maximum atomic E-state index is 14.1. The Morgan fingerprint density at radius 1 is 1.00 bits per heavy atom. The summed E-state index contributed by atoms with van der Waals surface area (Å²) < 4.78 is 35.7. The van der Waals surface area contributed by atoms with Gasteiger partial charge < -0.3 is 15.0 Å². The molecule has 1 aliphatic carbocycles. The average Bonchev–Trinajstić information content (AvgIpc) is 3.48. The molecule has 0 aliphatic heterocycles. The SMILES string of the molecule is CCOc1ccccc1N(CC(=O)N(Cc1cccc(Br)c1)[C@H](C)C(=O)NC1CCCC1)S(=O)(=O)c1ccccc1. The first-order valence-electron chi connectivity index (χ1n) is 13.8. The zero-order valence-corrected chi connectivity index (χ0v) is 25.7. The van der Waals surface area contributed by atoms with Crippen LogP contribution in [0.4, 0.5) is 5.69 Å². The average molecular weight is 643 g/mol. The molecule has 0 heterocycles. The predicted molar refractivity (Wildman–Crippen MR) is 163 cm³/mol. The van der Waals surface area contributed by atoms with E-state index in [9.17, 15) is 18.0 Å². The van der Waals surface area contributed by atoms with Crippen LogP contribution < -0.4 is 14.4 Å². The van der Waals surface area contributed by atoms with Crippen molar-refractivity contribution < 1.29 is 22.7 Å². The molecule has 0 bridgehead atoms. The van der Waals surface area contributed by atoms with Gasteiger partial charge in [0.15, 0.2) is 0 Å². The molecule has 8 nitrogen and oxygen atoms in total. The molecule has 1 fully saturated rings. The van der Waals surface area contributed by atoms with Crippen LogP contribution in [0.3, 0.4) is 0 Å². The molecule has 10 heteroatoms. The highest BCUT2D eigenvalue weighted by Gasteiger charge is 2.34. The number of rotatable bonds is 12. The van der Waals surface area contributed by atoms with E-state index in [0.29, 0.717) is 12.4 Å². The number of hydrogen-bond donors (Lipinski definition) is 1. The van der Waals surface area contributed by atoms with E-state index < -0.39 is 28.5 Å². The highest BCUT2D eigenvalue weighted by molar-refractivity contribution is 9.10. The summed E-state index contributed by atoms with van der Waals surface area (Å²) in [6.45, 7) is 3.42. The summed E-state index contributed by atoms with van der Waals surface area (Å²) in [6.07, 6.45) is 3.95. The number of carbonyl (C=O) groups excluding carboxylic acids is 2. The van der Waals surface area contributed by atoms with Gasteiger partial charge >= 0.3 is 0 Å². The lowest BCUT2D eigenvalue weighted by molar-refractivity contribution is -0.139. The van der Waals surface area contributed by atoms with Gasteiger partial charge in [-0.3, -0.25) is 13.9 Å². The van der Waals surface area contributed by atoms with E-state index in [1.165, 1.54) is 17.0 Å². The van der Waals surface area contributed by atoms with Crippen LogP contribution in [0.5, 0.6) is 5.75 Å². The fourth-order valence-corrected chi connectivity index (χ4v) is 6.87. The summed E-state index contributed by atoms with van der Waals surface area (Å²) in [5, 5.41) is 3.08. The van der Waals surface area contributed by atoms with Crippen molar-refractivity contribution in [1.29, 1.82) is 0 Å². The molecule has 4 rings (SSSR count). The molecule has 0 unspecified atom stereocenters. The third kappa shape index (κ3) is 7.68. The second-order valence-electron chi connectivity index (χ2n) is 10.0. The number of amides is 2. The fourth-order valence-electron chi connectivity index (χ4n) is 4.98. The van der Waals surface area contributed by atoms with Crippen molar-refractivity contribution in [3.05, 3.63) is 88.9 Å². The van der Waals surface area contributed by atoms with E-state index in [0.717, 1.165) is 40.0 Å². The number of para-hydroxylation sites is 2. The van der Waals surface area contributed by atoms with Gasteiger partial charge in [0.25, 0.3) is 10.0 Å². The van der Waals surface area contributed by atoms with Crippen molar-refractivity contribution in [2.75, 3.05) is 17.5 Å². The number of benzene rings is 3. The van der Waals surface area contributed by atoms with E-state index >= 15 is 0 Å². The van der Waals surface area contributed by atoms with Gasteiger partial charge in [-0.15, -0.1) is 0 Å². The predicted octanol–water partition coefficient (Wildman–Crippen LogP) is 5.52. The zero-order chi connectivity index (χ0) is 29.4. The van der Waals surface area contributed by atoms with Crippen LogP contribution in [0.15, 0.2) is 88.2 Å². The first kappa shape index (κ1) is 30.6. The topological polar surface area (TPSA) is 96.0 Å². The number of sulfonamides is 1. The normalized spacial score (nSPS) is 14.3. The molecule has 0 spiro atoms. The van der Waals surface area contributed by atoms with E-state index in [-0.39, 0.29) is 29.1 Å². The molecule has 3 aromatic rings. The highest BCUT2D eigenvalue weighted by atomic mass is 79.9. The van der Waals surface area contributed by atoms with Crippen LogP contribution in [0.25, 0.3) is 0 Å². The van der Waals surface area contributed by atoms with Crippen molar-refractivity contribution in [2.45, 2.75) is 63.1 Å². The van der Waals surface area contributed by atoms with Gasteiger partial charge in [0.2, 0.25) is 11.8 Å². The molecule has 1 atom stereocenters. The van der Waals surface area contributed by atoms with E-state index in [1.54, 1.807) is 49.4 Å². The van der Waals surface area contributed by atoms with Crippen LogP contribution in [0, 0.1) is 0 Å². The standard InChI is InChI=1S/C31H36BrN3O5S/c1-3-40-29-19-10-9-18-28(29)35(41(38,39)27-16-5-4-6-17-27)22-30(36)34(21-24-12-11-13-25(32)20-24)23(2)31(37)33-26-14-7-8-15-26/h4-6,9-13,16-20,23,26H,3,7-8,14-15,21-22H2,1-2H3,(H,33,37)/t23-/m1/s1.